The highest BCUT2D eigenvalue weighted by molar-refractivity contribution is 7.90. The number of morpholine rings is 1. The molecule has 0 aliphatic carbocycles. The maximum atomic E-state index is 13.5. The smallest absolute Gasteiger partial charge is 0.260 e. The van der Waals surface area contributed by atoms with Crippen molar-refractivity contribution in [1.82, 2.24) is 9.88 Å². The molecule has 2 heterocycles. The molecule has 33 heavy (non-hydrogen) atoms. The molecule has 7 nitrogen and oxygen atoms in total. The molecule has 1 aliphatic heterocycles. The molecule has 176 valence electrons. The van der Waals surface area contributed by atoms with E-state index in [2.05, 4.69) is 24.0 Å². The Morgan fingerprint density at radius 3 is 2.55 bits per heavy atom. The lowest BCUT2D eigenvalue weighted by Crippen LogP contribution is -2.39. The number of nitrogens with zero attached hydrogens (tertiary/aromatic N) is 3. The fourth-order valence-electron chi connectivity index (χ4n) is 3.85. The number of rotatable bonds is 8. The van der Waals surface area contributed by atoms with E-state index in [-0.39, 0.29) is 10.8 Å². The van der Waals surface area contributed by atoms with E-state index in [4.69, 9.17) is 9.72 Å². The molecule has 0 unspecified atom stereocenters. The van der Waals surface area contributed by atoms with Gasteiger partial charge in [0.25, 0.3) is 5.91 Å². The van der Waals surface area contributed by atoms with Crippen LogP contribution < -0.4 is 4.90 Å². The fraction of sp³-hybridized carbons (Fsp3) is 0.417. The average molecular weight is 488 g/mol. The molecule has 0 radical (unpaired) electrons. The second kappa shape index (κ2) is 10.3. The minimum Gasteiger partial charge on any atom is -0.379 e. The van der Waals surface area contributed by atoms with Gasteiger partial charge < -0.3 is 4.74 Å². The van der Waals surface area contributed by atoms with Gasteiger partial charge in [-0.2, -0.15) is 0 Å². The summed E-state index contributed by atoms with van der Waals surface area (Å²) in [7, 11) is -3.32. The van der Waals surface area contributed by atoms with Crippen molar-refractivity contribution in [3.8, 4) is 0 Å². The lowest BCUT2D eigenvalue weighted by Gasteiger charge is -2.27. The summed E-state index contributed by atoms with van der Waals surface area (Å²) in [6.45, 7) is 6.82. The van der Waals surface area contributed by atoms with E-state index in [1.165, 1.54) is 29.0 Å². The summed E-state index contributed by atoms with van der Waals surface area (Å²) < 4.78 is 30.1. The number of aryl methyl sites for hydroxylation is 1. The van der Waals surface area contributed by atoms with Crippen molar-refractivity contribution in [3.05, 3.63) is 53.6 Å². The number of benzene rings is 2. The lowest BCUT2D eigenvalue weighted by molar-refractivity contribution is 0.0376. The van der Waals surface area contributed by atoms with Crippen molar-refractivity contribution in [2.45, 2.75) is 24.7 Å². The van der Waals surface area contributed by atoms with Gasteiger partial charge in [-0.15, -0.1) is 0 Å². The zero-order valence-corrected chi connectivity index (χ0v) is 20.6. The number of hydrogen-bond acceptors (Lipinski definition) is 7. The van der Waals surface area contributed by atoms with E-state index < -0.39 is 9.84 Å². The molecule has 1 fully saturated rings. The highest BCUT2D eigenvalue weighted by Gasteiger charge is 2.22. The van der Waals surface area contributed by atoms with Gasteiger partial charge in [0.05, 0.1) is 28.3 Å². The highest BCUT2D eigenvalue weighted by atomic mass is 32.2. The second-order valence-electron chi connectivity index (χ2n) is 8.21. The normalized spacial score (nSPS) is 15.1. The first-order valence-electron chi connectivity index (χ1n) is 11.2. The van der Waals surface area contributed by atoms with Crippen molar-refractivity contribution < 1.29 is 17.9 Å². The van der Waals surface area contributed by atoms with E-state index in [0.717, 1.165) is 62.2 Å². The van der Waals surface area contributed by atoms with E-state index >= 15 is 0 Å². The van der Waals surface area contributed by atoms with Crippen LogP contribution in [0.3, 0.4) is 0 Å². The Bertz CT molecular complexity index is 1220. The predicted molar refractivity (Wildman–Crippen MR) is 132 cm³/mol. The lowest BCUT2D eigenvalue weighted by atomic mass is 10.2. The minimum absolute atomic E-state index is 0.174. The Kier molecular flexibility index (Phi) is 7.43. The summed E-state index contributed by atoms with van der Waals surface area (Å²) in [5.41, 5.74) is 2.56. The van der Waals surface area contributed by atoms with Gasteiger partial charge >= 0.3 is 0 Å². The largest absolute Gasteiger partial charge is 0.379 e. The quantitative estimate of drug-likeness (QED) is 0.483. The van der Waals surface area contributed by atoms with E-state index in [0.29, 0.717) is 17.2 Å². The third-order valence-corrected chi connectivity index (χ3v) is 7.98. The Morgan fingerprint density at radius 2 is 1.88 bits per heavy atom. The van der Waals surface area contributed by atoms with Gasteiger partial charge in [0.1, 0.15) is 0 Å². The number of carbonyl (C=O) groups excluding carboxylic acids is 1. The van der Waals surface area contributed by atoms with Crippen LogP contribution in [-0.4, -0.2) is 69.9 Å². The molecule has 1 aliphatic rings. The molecule has 1 aromatic heterocycles. The average Bonchev–Trinajstić information content (AvgIpc) is 3.24. The van der Waals surface area contributed by atoms with Gasteiger partial charge in [-0.3, -0.25) is 14.6 Å². The molecule has 0 atom stereocenters. The van der Waals surface area contributed by atoms with Crippen LogP contribution in [0.2, 0.25) is 0 Å². The van der Waals surface area contributed by atoms with Crippen molar-refractivity contribution in [2.24, 2.45) is 0 Å². The molecule has 1 saturated heterocycles. The molecule has 0 spiro atoms. The summed E-state index contributed by atoms with van der Waals surface area (Å²) in [5, 5.41) is 0.664. The number of carbonyl (C=O) groups is 1. The van der Waals surface area contributed by atoms with E-state index in [1.54, 1.807) is 17.0 Å². The van der Waals surface area contributed by atoms with E-state index in [1.807, 2.05) is 6.07 Å². The Morgan fingerprint density at radius 1 is 1.15 bits per heavy atom. The molecule has 0 N–H and O–H groups in total. The number of ether oxygens (including phenoxy) is 1. The minimum atomic E-state index is -3.32. The number of thiazole rings is 1. The molecule has 9 heteroatoms. The van der Waals surface area contributed by atoms with Crippen molar-refractivity contribution in [1.29, 1.82) is 0 Å². The van der Waals surface area contributed by atoms with Crippen LogP contribution in [-0.2, 0) is 21.0 Å². The Labute approximate surface area is 198 Å². The van der Waals surface area contributed by atoms with Crippen LogP contribution in [0.25, 0.3) is 10.2 Å². The van der Waals surface area contributed by atoms with Gasteiger partial charge in [0.2, 0.25) is 0 Å². The first kappa shape index (κ1) is 23.8. The zero-order chi connectivity index (χ0) is 23.4. The standard InChI is InChI=1S/C24H29N3O4S2/c1-3-18-5-10-21-22(17-18)32-24(25-21)27(12-4-11-26-13-15-31-16-14-26)23(28)19-6-8-20(9-7-19)33(2,29)30/h5-10,17H,3-4,11-16H2,1-2H3. The molecular formula is C24H29N3O4S2. The SMILES string of the molecule is CCc1ccc2nc(N(CCCN3CCOCC3)C(=O)c3ccc(S(C)(=O)=O)cc3)sc2c1. The summed E-state index contributed by atoms with van der Waals surface area (Å²) in [6, 6.07) is 12.3. The fourth-order valence-corrected chi connectivity index (χ4v) is 5.54. The maximum Gasteiger partial charge on any atom is 0.260 e. The van der Waals surface area contributed by atoms with Gasteiger partial charge in [-0.1, -0.05) is 24.3 Å². The van der Waals surface area contributed by atoms with E-state index in [9.17, 15) is 13.2 Å². The maximum absolute atomic E-state index is 13.5. The van der Waals surface area contributed by atoms with Gasteiger partial charge in [0.15, 0.2) is 15.0 Å². The molecule has 2 aromatic carbocycles. The summed E-state index contributed by atoms with van der Waals surface area (Å²) >= 11 is 1.52. The molecule has 0 saturated carbocycles. The monoisotopic (exact) mass is 487 g/mol. The first-order valence-corrected chi connectivity index (χ1v) is 13.9. The Hall–Kier alpha value is -2.33. The van der Waals surface area contributed by atoms with Crippen LogP contribution in [0, 0.1) is 0 Å². The predicted octanol–water partition coefficient (Wildman–Crippen LogP) is 3.63. The highest BCUT2D eigenvalue weighted by Crippen LogP contribution is 2.31. The number of amides is 1. The third kappa shape index (κ3) is 5.78. The van der Waals surface area contributed by atoms with Crippen LogP contribution in [0.5, 0.6) is 0 Å². The number of aromatic nitrogens is 1. The van der Waals surface area contributed by atoms with Crippen molar-refractivity contribution in [3.63, 3.8) is 0 Å². The summed E-state index contributed by atoms with van der Waals surface area (Å²) in [5.74, 6) is -0.174. The molecule has 3 aromatic rings. The van der Waals surface area contributed by atoms with Crippen LogP contribution in [0.4, 0.5) is 5.13 Å². The molecule has 1 amide bonds. The first-order chi connectivity index (χ1) is 15.8. The van der Waals surface area contributed by atoms with Gasteiger partial charge in [-0.05, 0) is 54.8 Å². The Balaban J connectivity index is 1.59. The summed E-state index contributed by atoms with van der Waals surface area (Å²) in [4.78, 5) is 22.5. The molecular weight excluding hydrogens is 458 g/mol. The number of fused-ring (bicyclic) bond motifs is 1. The van der Waals surface area contributed by atoms with Crippen molar-refractivity contribution in [2.75, 3.05) is 50.5 Å². The summed E-state index contributed by atoms with van der Waals surface area (Å²) in [6.07, 6.45) is 2.91. The topological polar surface area (TPSA) is 79.8 Å². The molecule has 4 rings (SSSR count). The van der Waals surface area contributed by atoms with Crippen LogP contribution >= 0.6 is 11.3 Å². The second-order valence-corrected chi connectivity index (χ2v) is 11.2. The van der Waals surface area contributed by atoms with Crippen molar-refractivity contribution >= 4 is 42.4 Å². The third-order valence-electron chi connectivity index (χ3n) is 5.82. The number of hydrogen-bond donors (Lipinski definition) is 0. The number of anilines is 1. The molecule has 0 bridgehead atoms. The van der Waals surface area contributed by atoms with Crippen LogP contribution in [0.15, 0.2) is 47.4 Å². The van der Waals surface area contributed by atoms with Crippen LogP contribution in [0.1, 0.15) is 29.3 Å². The number of sulfone groups is 1. The zero-order valence-electron chi connectivity index (χ0n) is 19.0. The van der Waals surface area contributed by atoms with Gasteiger partial charge in [0, 0.05) is 38.0 Å². The van der Waals surface area contributed by atoms with Gasteiger partial charge in [-0.25, -0.2) is 13.4 Å².